The minimum absolute atomic E-state index is 0.0312. The zero-order valence-electron chi connectivity index (χ0n) is 12.6. The average molecular weight is 287 g/mol. The van der Waals surface area contributed by atoms with Gasteiger partial charge < -0.3 is 19.9 Å². The summed E-state index contributed by atoms with van der Waals surface area (Å²) in [7, 11) is 3.27. The molecule has 0 heterocycles. The molecule has 2 rings (SSSR count). The predicted octanol–water partition coefficient (Wildman–Crippen LogP) is 3.02. The van der Waals surface area contributed by atoms with Gasteiger partial charge in [-0.1, -0.05) is 18.2 Å². The van der Waals surface area contributed by atoms with Crippen molar-refractivity contribution in [2.45, 2.75) is 12.5 Å². The molecule has 0 saturated carbocycles. The summed E-state index contributed by atoms with van der Waals surface area (Å²) in [5.74, 6) is 1.57. The molecule has 0 spiro atoms. The highest BCUT2D eigenvalue weighted by Gasteiger charge is 2.25. The number of aliphatic hydroxyl groups excluding tert-OH is 1. The van der Waals surface area contributed by atoms with Gasteiger partial charge in [-0.05, 0) is 36.8 Å². The summed E-state index contributed by atoms with van der Waals surface area (Å²) in [5.41, 5.74) is 1.29. The minimum atomic E-state index is -0.585. The second kappa shape index (κ2) is 6.50. The van der Waals surface area contributed by atoms with Crippen LogP contribution in [0.2, 0.25) is 0 Å². The molecular formula is C17H21NO3. The van der Waals surface area contributed by atoms with Crippen molar-refractivity contribution in [1.82, 2.24) is 0 Å². The van der Waals surface area contributed by atoms with Crippen LogP contribution in [0.5, 0.6) is 11.5 Å². The second-order valence-electron chi connectivity index (χ2n) is 5.08. The van der Waals surface area contributed by atoms with Gasteiger partial charge in [-0.25, -0.2) is 0 Å². The van der Waals surface area contributed by atoms with Gasteiger partial charge in [-0.2, -0.15) is 0 Å². The van der Waals surface area contributed by atoms with Crippen LogP contribution in [0.3, 0.4) is 0 Å². The summed E-state index contributed by atoms with van der Waals surface area (Å²) in [5, 5.41) is 13.2. The van der Waals surface area contributed by atoms with Crippen molar-refractivity contribution in [1.29, 1.82) is 0 Å². The van der Waals surface area contributed by atoms with Crippen LogP contribution < -0.4 is 14.8 Å². The van der Waals surface area contributed by atoms with Crippen molar-refractivity contribution < 1.29 is 14.6 Å². The summed E-state index contributed by atoms with van der Waals surface area (Å²) in [6.07, 6.45) is 0. The number of ether oxygens (including phenoxy) is 2. The maximum atomic E-state index is 9.83. The molecule has 0 saturated heterocycles. The van der Waals surface area contributed by atoms with Gasteiger partial charge in [-0.15, -0.1) is 0 Å². The van der Waals surface area contributed by atoms with Crippen molar-refractivity contribution >= 4 is 5.69 Å². The van der Waals surface area contributed by atoms with Gasteiger partial charge in [-0.3, -0.25) is 0 Å². The largest absolute Gasteiger partial charge is 0.497 e. The highest BCUT2D eigenvalue weighted by molar-refractivity contribution is 5.52. The van der Waals surface area contributed by atoms with Gasteiger partial charge in [0.25, 0.3) is 0 Å². The van der Waals surface area contributed by atoms with Crippen molar-refractivity contribution in [3.63, 3.8) is 0 Å². The monoisotopic (exact) mass is 287 g/mol. The first-order valence-electron chi connectivity index (χ1n) is 6.79. The summed E-state index contributed by atoms with van der Waals surface area (Å²) in [4.78, 5) is 0. The molecule has 1 atom stereocenters. The molecule has 0 aromatic heterocycles. The molecule has 4 heteroatoms. The van der Waals surface area contributed by atoms with Gasteiger partial charge in [0.05, 0.1) is 26.4 Å². The van der Waals surface area contributed by atoms with Crippen LogP contribution in [0.1, 0.15) is 12.5 Å². The normalized spacial score (nSPS) is 13.3. The van der Waals surface area contributed by atoms with Gasteiger partial charge in [0, 0.05) is 11.8 Å². The Hall–Kier alpha value is -2.20. The summed E-state index contributed by atoms with van der Waals surface area (Å²) in [6.45, 7) is 1.92. The molecule has 0 radical (unpaired) electrons. The SMILES string of the molecule is COc1ccc(C(C)(CO)Nc2cccc(OC)c2)cc1. The fourth-order valence-corrected chi connectivity index (χ4v) is 2.18. The number of nitrogens with one attached hydrogen (secondary N) is 1. The predicted molar refractivity (Wildman–Crippen MR) is 84.0 cm³/mol. The van der Waals surface area contributed by atoms with E-state index in [-0.39, 0.29) is 6.61 Å². The van der Waals surface area contributed by atoms with E-state index in [1.54, 1.807) is 14.2 Å². The Bertz CT molecular complexity index is 583. The zero-order valence-corrected chi connectivity index (χ0v) is 12.6. The van der Waals surface area contributed by atoms with E-state index in [1.165, 1.54) is 0 Å². The molecule has 0 fully saturated rings. The number of hydrogen-bond acceptors (Lipinski definition) is 4. The van der Waals surface area contributed by atoms with Crippen LogP contribution in [-0.2, 0) is 5.54 Å². The number of anilines is 1. The smallest absolute Gasteiger partial charge is 0.120 e. The number of aliphatic hydroxyl groups is 1. The van der Waals surface area contributed by atoms with Crippen molar-refractivity contribution in [2.75, 3.05) is 26.1 Å². The molecular weight excluding hydrogens is 266 g/mol. The lowest BCUT2D eigenvalue weighted by molar-refractivity contribution is 0.224. The first kappa shape index (κ1) is 15.2. The molecule has 2 aromatic carbocycles. The number of methoxy groups -OCH3 is 2. The van der Waals surface area contributed by atoms with E-state index in [1.807, 2.05) is 55.5 Å². The van der Waals surface area contributed by atoms with Crippen LogP contribution in [-0.4, -0.2) is 25.9 Å². The number of benzene rings is 2. The van der Waals surface area contributed by atoms with Crippen LogP contribution in [0.25, 0.3) is 0 Å². The third-order valence-electron chi connectivity index (χ3n) is 3.53. The van der Waals surface area contributed by atoms with Crippen LogP contribution in [0, 0.1) is 0 Å². The molecule has 21 heavy (non-hydrogen) atoms. The first-order valence-corrected chi connectivity index (χ1v) is 6.79. The van der Waals surface area contributed by atoms with Crippen molar-refractivity contribution in [3.05, 3.63) is 54.1 Å². The Morgan fingerprint density at radius 1 is 1.00 bits per heavy atom. The zero-order chi connectivity index (χ0) is 15.3. The van der Waals surface area contributed by atoms with E-state index in [9.17, 15) is 5.11 Å². The van der Waals surface area contributed by atoms with Crippen LogP contribution in [0.4, 0.5) is 5.69 Å². The van der Waals surface area contributed by atoms with Gasteiger partial charge in [0.2, 0.25) is 0 Å². The van der Waals surface area contributed by atoms with Crippen LogP contribution in [0.15, 0.2) is 48.5 Å². The van der Waals surface area contributed by atoms with Gasteiger partial charge in [0.1, 0.15) is 11.5 Å². The third-order valence-corrected chi connectivity index (χ3v) is 3.53. The molecule has 0 aliphatic carbocycles. The maximum Gasteiger partial charge on any atom is 0.120 e. The highest BCUT2D eigenvalue weighted by atomic mass is 16.5. The topological polar surface area (TPSA) is 50.7 Å². The van der Waals surface area contributed by atoms with E-state index < -0.39 is 5.54 Å². The molecule has 0 aliphatic heterocycles. The van der Waals surface area contributed by atoms with Gasteiger partial charge in [0.15, 0.2) is 0 Å². The van der Waals surface area contributed by atoms with Crippen molar-refractivity contribution in [2.24, 2.45) is 0 Å². The molecule has 0 amide bonds. The maximum absolute atomic E-state index is 9.83. The Kier molecular flexibility index (Phi) is 4.70. The van der Waals surface area contributed by atoms with E-state index in [4.69, 9.17) is 9.47 Å². The average Bonchev–Trinajstić information content (AvgIpc) is 2.55. The standard InChI is InChI=1S/C17H21NO3/c1-17(12-19,13-7-9-15(20-2)10-8-13)18-14-5-4-6-16(11-14)21-3/h4-11,18-19H,12H2,1-3H3. The second-order valence-corrected chi connectivity index (χ2v) is 5.08. The summed E-state index contributed by atoms with van der Waals surface area (Å²) < 4.78 is 10.4. The van der Waals surface area contributed by atoms with E-state index in [0.717, 1.165) is 22.7 Å². The van der Waals surface area contributed by atoms with E-state index in [2.05, 4.69) is 5.32 Å². The number of rotatable bonds is 6. The molecule has 0 bridgehead atoms. The number of hydrogen-bond donors (Lipinski definition) is 2. The Balaban J connectivity index is 2.26. The first-order chi connectivity index (χ1) is 10.1. The molecule has 1 unspecified atom stereocenters. The highest BCUT2D eigenvalue weighted by Crippen LogP contribution is 2.28. The lowest BCUT2D eigenvalue weighted by Crippen LogP contribution is -2.35. The molecule has 112 valence electrons. The summed E-state index contributed by atoms with van der Waals surface area (Å²) in [6, 6.07) is 15.3. The third kappa shape index (κ3) is 3.47. The Labute approximate surface area is 125 Å². The van der Waals surface area contributed by atoms with Gasteiger partial charge >= 0.3 is 0 Å². The Morgan fingerprint density at radius 2 is 1.67 bits per heavy atom. The van der Waals surface area contributed by atoms with Crippen molar-refractivity contribution in [3.8, 4) is 11.5 Å². The van der Waals surface area contributed by atoms with E-state index in [0.29, 0.717) is 0 Å². The molecule has 2 N–H and O–H groups in total. The molecule has 2 aromatic rings. The lowest BCUT2D eigenvalue weighted by atomic mass is 9.92. The minimum Gasteiger partial charge on any atom is -0.497 e. The quantitative estimate of drug-likeness (QED) is 0.857. The fourth-order valence-electron chi connectivity index (χ4n) is 2.18. The van der Waals surface area contributed by atoms with E-state index >= 15 is 0 Å². The van der Waals surface area contributed by atoms with Crippen LogP contribution >= 0.6 is 0 Å². The Morgan fingerprint density at radius 3 is 2.24 bits per heavy atom. The fraction of sp³-hybridized carbons (Fsp3) is 0.294. The molecule has 0 aliphatic rings. The molecule has 4 nitrogen and oxygen atoms in total. The summed E-state index contributed by atoms with van der Waals surface area (Å²) >= 11 is 0. The lowest BCUT2D eigenvalue weighted by Gasteiger charge is -2.30.